The molecular formula is C15H18N2O2. The second kappa shape index (κ2) is 6.20. The van der Waals surface area contributed by atoms with Crippen molar-refractivity contribution in [2.24, 2.45) is 0 Å². The molecule has 19 heavy (non-hydrogen) atoms. The van der Waals surface area contributed by atoms with Crippen molar-refractivity contribution in [1.82, 2.24) is 4.98 Å². The quantitative estimate of drug-likeness (QED) is 0.858. The molecule has 1 unspecified atom stereocenters. The molecule has 0 bridgehead atoms. The number of aliphatic hydroxyl groups excluding tert-OH is 1. The van der Waals surface area contributed by atoms with Gasteiger partial charge in [-0.1, -0.05) is 24.3 Å². The number of nitrogens with zero attached hydrogens (tertiary/aromatic N) is 1. The number of aliphatic hydroxyl groups is 1. The van der Waals surface area contributed by atoms with Gasteiger partial charge in [0, 0.05) is 19.0 Å². The summed E-state index contributed by atoms with van der Waals surface area (Å²) in [6, 6.07) is 11.4. The molecule has 0 spiro atoms. The monoisotopic (exact) mass is 258 g/mol. The van der Waals surface area contributed by atoms with E-state index in [0.29, 0.717) is 18.7 Å². The Balaban J connectivity index is 2.05. The van der Waals surface area contributed by atoms with E-state index in [1.807, 2.05) is 36.4 Å². The van der Waals surface area contributed by atoms with Crippen LogP contribution in [-0.4, -0.2) is 23.3 Å². The molecule has 0 aliphatic heterocycles. The summed E-state index contributed by atoms with van der Waals surface area (Å²) >= 11 is 0. The van der Waals surface area contributed by atoms with Crippen molar-refractivity contribution >= 4 is 5.82 Å². The van der Waals surface area contributed by atoms with Gasteiger partial charge in [0.05, 0.1) is 13.2 Å². The van der Waals surface area contributed by atoms with Crippen LogP contribution in [0.1, 0.15) is 11.1 Å². The maximum atomic E-state index is 10.2. The molecule has 0 fully saturated rings. The highest BCUT2D eigenvalue weighted by Crippen LogP contribution is 2.20. The van der Waals surface area contributed by atoms with Gasteiger partial charge >= 0.3 is 0 Å². The number of pyridine rings is 1. The second-order valence-electron chi connectivity index (χ2n) is 4.42. The van der Waals surface area contributed by atoms with E-state index in [1.54, 1.807) is 13.3 Å². The van der Waals surface area contributed by atoms with Gasteiger partial charge in [0.25, 0.3) is 0 Å². The summed E-state index contributed by atoms with van der Waals surface area (Å²) in [7, 11) is 1.63. The van der Waals surface area contributed by atoms with E-state index in [1.165, 1.54) is 0 Å². The first-order chi connectivity index (χ1) is 9.20. The first-order valence-electron chi connectivity index (χ1n) is 6.20. The van der Waals surface area contributed by atoms with Gasteiger partial charge in [0.15, 0.2) is 0 Å². The van der Waals surface area contributed by atoms with E-state index >= 15 is 0 Å². The van der Waals surface area contributed by atoms with Crippen LogP contribution in [0, 0.1) is 0 Å². The normalized spacial score (nSPS) is 12.1. The summed E-state index contributed by atoms with van der Waals surface area (Å²) in [4.78, 5) is 4.01. The smallest absolute Gasteiger partial charge is 0.126 e. The lowest BCUT2D eigenvalue weighted by molar-refractivity contribution is 0.174. The van der Waals surface area contributed by atoms with Crippen molar-refractivity contribution in [3.63, 3.8) is 0 Å². The van der Waals surface area contributed by atoms with Gasteiger partial charge < -0.3 is 15.6 Å². The van der Waals surface area contributed by atoms with E-state index in [4.69, 9.17) is 10.5 Å². The molecule has 0 saturated heterocycles. The Morgan fingerprint density at radius 3 is 2.58 bits per heavy atom. The van der Waals surface area contributed by atoms with Crippen LogP contribution in [0.15, 0.2) is 42.6 Å². The Morgan fingerprint density at radius 1 is 1.16 bits per heavy atom. The molecule has 4 nitrogen and oxygen atoms in total. The maximum absolute atomic E-state index is 10.2. The first-order valence-corrected chi connectivity index (χ1v) is 6.20. The van der Waals surface area contributed by atoms with Gasteiger partial charge in [-0.3, -0.25) is 0 Å². The number of para-hydroxylation sites is 1. The van der Waals surface area contributed by atoms with Crippen LogP contribution < -0.4 is 10.5 Å². The van der Waals surface area contributed by atoms with Crippen LogP contribution in [0.4, 0.5) is 5.82 Å². The third-order valence-electron chi connectivity index (χ3n) is 3.03. The maximum Gasteiger partial charge on any atom is 0.126 e. The number of benzene rings is 1. The molecule has 0 aliphatic carbocycles. The third kappa shape index (κ3) is 3.45. The zero-order valence-electron chi connectivity index (χ0n) is 10.9. The summed E-state index contributed by atoms with van der Waals surface area (Å²) in [6.07, 6.45) is 2.14. The summed E-state index contributed by atoms with van der Waals surface area (Å²) < 4.78 is 5.27. The molecule has 100 valence electrons. The first kappa shape index (κ1) is 13.4. The van der Waals surface area contributed by atoms with E-state index in [2.05, 4.69) is 4.98 Å². The summed E-state index contributed by atoms with van der Waals surface area (Å²) in [5.41, 5.74) is 7.62. The van der Waals surface area contributed by atoms with Gasteiger partial charge in [0.1, 0.15) is 11.6 Å². The van der Waals surface area contributed by atoms with Crippen molar-refractivity contribution in [3.05, 3.63) is 53.7 Å². The van der Waals surface area contributed by atoms with Crippen LogP contribution in [-0.2, 0) is 12.8 Å². The summed E-state index contributed by atoms with van der Waals surface area (Å²) in [6.45, 7) is 0. The fourth-order valence-corrected chi connectivity index (χ4v) is 2.07. The zero-order chi connectivity index (χ0) is 13.7. The number of hydrogen-bond acceptors (Lipinski definition) is 4. The van der Waals surface area contributed by atoms with Crippen LogP contribution in [0.2, 0.25) is 0 Å². The summed E-state index contributed by atoms with van der Waals surface area (Å²) in [5.74, 6) is 1.27. The number of anilines is 1. The highest BCUT2D eigenvalue weighted by atomic mass is 16.5. The molecule has 0 aliphatic rings. The molecule has 3 N–H and O–H groups in total. The standard InChI is InChI=1S/C15H18N2O2/c1-19-14-7-3-2-5-11(14)9-13(18)10-12-6-4-8-17-15(12)16/h2-8,13,18H,9-10H2,1H3,(H2,16,17). The van der Waals surface area contributed by atoms with Gasteiger partial charge in [-0.15, -0.1) is 0 Å². The topological polar surface area (TPSA) is 68.4 Å². The minimum Gasteiger partial charge on any atom is -0.496 e. The molecule has 2 rings (SSSR count). The van der Waals surface area contributed by atoms with Crippen molar-refractivity contribution in [1.29, 1.82) is 0 Å². The highest BCUT2D eigenvalue weighted by molar-refractivity contribution is 5.39. The van der Waals surface area contributed by atoms with Crippen molar-refractivity contribution < 1.29 is 9.84 Å². The van der Waals surface area contributed by atoms with Crippen LogP contribution >= 0.6 is 0 Å². The molecule has 1 aromatic heterocycles. The number of nitrogen functional groups attached to an aromatic ring is 1. The number of ether oxygens (including phenoxy) is 1. The lowest BCUT2D eigenvalue weighted by Gasteiger charge is -2.14. The van der Waals surface area contributed by atoms with Crippen molar-refractivity contribution in [2.75, 3.05) is 12.8 Å². The van der Waals surface area contributed by atoms with E-state index in [0.717, 1.165) is 16.9 Å². The van der Waals surface area contributed by atoms with Gasteiger partial charge in [0.2, 0.25) is 0 Å². The van der Waals surface area contributed by atoms with E-state index in [9.17, 15) is 5.11 Å². The molecule has 0 saturated carbocycles. The Kier molecular flexibility index (Phi) is 4.36. The number of hydrogen-bond donors (Lipinski definition) is 2. The highest BCUT2D eigenvalue weighted by Gasteiger charge is 2.12. The lowest BCUT2D eigenvalue weighted by Crippen LogP contribution is -2.15. The van der Waals surface area contributed by atoms with Crippen LogP contribution in [0.25, 0.3) is 0 Å². The van der Waals surface area contributed by atoms with Crippen LogP contribution in [0.3, 0.4) is 0 Å². The van der Waals surface area contributed by atoms with E-state index in [-0.39, 0.29) is 0 Å². The number of methoxy groups -OCH3 is 1. The number of aromatic nitrogens is 1. The van der Waals surface area contributed by atoms with Crippen molar-refractivity contribution in [3.8, 4) is 5.75 Å². The third-order valence-corrected chi connectivity index (χ3v) is 3.03. The fraction of sp³-hybridized carbons (Fsp3) is 0.267. The molecule has 0 amide bonds. The van der Waals surface area contributed by atoms with E-state index < -0.39 is 6.10 Å². The predicted molar refractivity (Wildman–Crippen MR) is 75.1 cm³/mol. The molecule has 2 aromatic rings. The zero-order valence-corrected chi connectivity index (χ0v) is 10.9. The van der Waals surface area contributed by atoms with Crippen molar-refractivity contribution in [2.45, 2.75) is 18.9 Å². The minimum absolute atomic E-state index is 0.474. The Bertz CT molecular complexity index is 543. The Labute approximate surface area is 112 Å². The number of nitrogens with two attached hydrogens (primary N) is 1. The second-order valence-corrected chi connectivity index (χ2v) is 4.42. The Hall–Kier alpha value is -2.07. The molecule has 4 heteroatoms. The largest absolute Gasteiger partial charge is 0.496 e. The van der Waals surface area contributed by atoms with Gasteiger partial charge in [-0.25, -0.2) is 4.98 Å². The van der Waals surface area contributed by atoms with Gasteiger partial charge in [-0.2, -0.15) is 0 Å². The fourth-order valence-electron chi connectivity index (χ4n) is 2.07. The van der Waals surface area contributed by atoms with Crippen LogP contribution in [0.5, 0.6) is 5.75 Å². The molecule has 0 radical (unpaired) electrons. The molecular weight excluding hydrogens is 240 g/mol. The lowest BCUT2D eigenvalue weighted by atomic mass is 10.0. The average molecular weight is 258 g/mol. The number of rotatable bonds is 5. The summed E-state index contributed by atoms with van der Waals surface area (Å²) in [5, 5.41) is 10.2. The molecule has 1 atom stereocenters. The van der Waals surface area contributed by atoms with Gasteiger partial charge in [-0.05, 0) is 23.3 Å². The predicted octanol–water partition coefficient (Wildman–Crippen LogP) is 1.82. The molecule has 1 aromatic carbocycles. The average Bonchev–Trinajstić information content (AvgIpc) is 2.42. The Morgan fingerprint density at radius 2 is 1.84 bits per heavy atom. The minimum atomic E-state index is -0.511. The SMILES string of the molecule is COc1ccccc1CC(O)Cc1cccnc1N. The molecule has 1 heterocycles.